The minimum absolute atomic E-state index is 0.168. The molecule has 0 bridgehead atoms. The first kappa shape index (κ1) is 20.1. The van der Waals surface area contributed by atoms with Crippen LogP contribution >= 0.6 is 11.6 Å². The highest BCUT2D eigenvalue weighted by atomic mass is 35.5. The second-order valence-electron chi connectivity index (χ2n) is 7.69. The van der Waals surface area contributed by atoms with E-state index in [1.807, 2.05) is 13.0 Å². The predicted molar refractivity (Wildman–Crippen MR) is 114 cm³/mol. The molecule has 1 saturated heterocycles. The zero-order valence-electron chi connectivity index (χ0n) is 16.9. The monoisotopic (exact) mass is 424 g/mol. The number of carbonyl (C=O) groups excluding carboxylic acids is 1. The van der Waals surface area contributed by atoms with Crippen LogP contribution in [0.4, 0.5) is 11.5 Å². The van der Waals surface area contributed by atoms with E-state index in [0.29, 0.717) is 40.5 Å². The van der Waals surface area contributed by atoms with Gasteiger partial charge >= 0.3 is 0 Å². The number of morpholine rings is 1. The Labute approximate surface area is 178 Å². The van der Waals surface area contributed by atoms with Gasteiger partial charge in [0.25, 0.3) is 5.91 Å². The lowest BCUT2D eigenvalue weighted by atomic mass is 9.98. The summed E-state index contributed by atoms with van der Waals surface area (Å²) in [7, 11) is 0. The Bertz CT molecular complexity index is 1200. The van der Waals surface area contributed by atoms with E-state index in [9.17, 15) is 10.1 Å². The SMILES string of the molecule is CC[C@H]1COC(C)(C)C(=O)N1c1cc(-c2cc(Cl)c3c(N)ncnn23)ccc1C#N. The van der Waals surface area contributed by atoms with Crippen molar-refractivity contribution >= 4 is 34.5 Å². The Morgan fingerprint density at radius 1 is 1.40 bits per heavy atom. The van der Waals surface area contributed by atoms with Gasteiger partial charge in [-0.1, -0.05) is 24.6 Å². The summed E-state index contributed by atoms with van der Waals surface area (Å²) in [4.78, 5) is 18.9. The van der Waals surface area contributed by atoms with E-state index in [-0.39, 0.29) is 17.8 Å². The summed E-state index contributed by atoms with van der Waals surface area (Å²) in [5.74, 6) is 0.0881. The van der Waals surface area contributed by atoms with Gasteiger partial charge in [0, 0.05) is 5.56 Å². The van der Waals surface area contributed by atoms with Crippen LogP contribution in [-0.4, -0.2) is 38.8 Å². The number of ether oxygens (including phenoxy) is 1. The fraction of sp³-hybridized carbons (Fsp3) is 0.333. The van der Waals surface area contributed by atoms with Crippen LogP contribution in [0.2, 0.25) is 5.02 Å². The van der Waals surface area contributed by atoms with Crippen molar-refractivity contribution in [3.05, 3.63) is 41.2 Å². The Balaban J connectivity index is 1.91. The molecule has 30 heavy (non-hydrogen) atoms. The molecule has 1 aliphatic heterocycles. The van der Waals surface area contributed by atoms with Crippen molar-refractivity contribution in [1.29, 1.82) is 5.26 Å². The molecule has 1 atom stereocenters. The molecule has 1 aromatic carbocycles. The molecule has 9 heteroatoms. The fourth-order valence-corrected chi connectivity index (χ4v) is 4.00. The zero-order valence-corrected chi connectivity index (χ0v) is 17.6. The normalized spacial score (nSPS) is 18.6. The number of amides is 1. The van der Waals surface area contributed by atoms with Gasteiger partial charge in [0.2, 0.25) is 0 Å². The van der Waals surface area contributed by atoms with Crippen LogP contribution in [0.15, 0.2) is 30.6 Å². The highest BCUT2D eigenvalue weighted by Crippen LogP contribution is 2.36. The molecule has 1 fully saturated rings. The maximum Gasteiger partial charge on any atom is 0.259 e. The number of aromatic nitrogens is 3. The van der Waals surface area contributed by atoms with E-state index in [2.05, 4.69) is 16.2 Å². The number of nitriles is 1. The zero-order chi connectivity index (χ0) is 21.6. The Hall–Kier alpha value is -3.15. The molecule has 2 aromatic heterocycles. The number of carbonyl (C=O) groups is 1. The first-order chi connectivity index (χ1) is 14.3. The van der Waals surface area contributed by atoms with E-state index in [1.165, 1.54) is 6.33 Å². The molecule has 3 heterocycles. The number of nitrogens with zero attached hydrogens (tertiary/aromatic N) is 5. The van der Waals surface area contributed by atoms with Gasteiger partial charge in [0.1, 0.15) is 23.5 Å². The summed E-state index contributed by atoms with van der Waals surface area (Å²) in [5, 5.41) is 14.4. The smallest absolute Gasteiger partial charge is 0.259 e. The summed E-state index contributed by atoms with van der Waals surface area (Å²) in [6.45, 7) is 5.87. The van der Waals surface area contributed by atoms with Crippen molar-refractivity contribution in [3.8, 4) is 17.3 Å². The molecule has 0 spiro atoms. The van der Waals surface area contributed by atoms with Crippen LogP contribution in [0, 0.1) is 11.3 Å². The molecule has 0 aliphatic carbocycles. The number of anilines is 2. The number of rotatable bonds is 3. The number of hydrogen-bond acceptors (Lipinski definition) is 6. The van der Waals surface area contributed by atoms with Crippen LogP contribution < -0.4 is 10.6 Å². The van der Waals surface area contributed by atoms with Crippen LogP contribution in [0.1, 0.15) is 32.8 Å². The molecule has 0 saturated carbocycles. The van der Waals surface area contributed by atoms with Gasteiger partial charge in [-0.2, -0.15) is 10.4 Å². The quantitative estimate of drug-likeness (QED) is 0.689. The fourth-order valence-electron chi connectivity index (χ4n) is 3.72. The number of nitrogen functional groups attached to an aromatic ring is 1. The highest BCUT2D eigenvalue weighted by molar-refractivity contribution is 6.35. The summed E-state index contributed by atoms with van der Waals surface area (Å²) < 4.78 is 7.38. The number of fused-ring (bicyclic) bond motifs is 1. The molecule has 0 unspecified atom stereocenters. The van der Waals surface area contributed by atoms with Gasteiger partial charge in [-0.15, -0.1) is 0 Å². The van der Waals surface area contributed by atoms with Crippen molar-refractivity contribution < 1.29 is 9.53 Å². The maximum absolute atomic E-state index is 13.2. The minimum Gasteiger partial charge on any atom is -0.382 e. The van der Waals surface area contributed by atoms with Crippen LogP contribution in [-0.2, 0) is 9.53 Å². The van der Waals surface area contributed by atoms with E-state index < -0.39 is 5.60 Å². The van der Waals surface area contributed by atoms with E-state index in [0.717, 1.165) is 5.56 Å². The molecule has 3 aromatic rings. The summed E-state index contributed by atoms with van der Waals surface area (Å²) in [5.41, 5.74) is 7.87. The molecule has 1 amide bonds. The van der Waals surface area contributed by atoms with Gasteiger partial charge < -0.3 is 15.4 Å². The lowest BCUT2D eigenvalue weighted by molar-refractivity contribution is -0.148. The third-order valence-electron chi connectivity index (χ3n) is 5.42. The van der Waals surface area contributed by atoms with Gasteiger partial charge in [0.05, 0.1) is 34.6 Å². The molecule has 2 N–H and O–H groups in total. The third kappa shape index (κ3) is 3.07. The van der Waals surface area contributed by atoms with E-state index in [4.69, 9.17) is 22.1 Å². The standard InChI is InChI=1S/C21H21ClN6O2/c1-4-14-10-30-21(2,3)20(29)27(14)16-7-12(5-6-13(16)9-23)17-8-15(22)18-19(24)25-11-26-28(17)18/h5-8,11,14H,4,10H2,1-3H3,(H2,24,25,26)/t14-/m0/s1. The second-order valence-corrected chi connectivity index (χ2v) is 8.09. The van der Waals surface area contributed by atoms with Gasteiger partial charge in [-0.05, 0) is 38.5 Å². The lowest BCUT2D eigenvalue weighted by Gasteiger charge is -2.43. The second kappa shape index (κ2) is 7.27. The predicted octanol–water partition coefficient (Wildman–Crippen LogP) is 3.42. The van der Waals surface area contributed by atoms with Crippen molar-refractivity contribution in [2.45, 2.75) is 38.8 Å². The number of nitrogens with two attached hydrogens (primary N) is 1. The molecule has 1 aliphatic rings. The molecule has 8 nitrogen and oxygen atoms in total. The summed E-state index contributed by atoms with van der Waals surface area (Å²) in [6.07, 6.45) is 2.05. The van der Waals surface area contributed by atoms with Crippen molar-refractivity contribution in [2.24, 2.45) is 0 Å². The average molecular weight is 425 g/mol. The van der Waals surface area contributed by atoms with Gasteiger partial charge in [-0.25, -0.2) is 9.50 Å². The maximum atomic E-state index is 13.2. The minimum atomic E-state index is -0.971. The molecular weight excluding hydrogens is 404 g/mol. The Morgan fingerprint density at radius 2 is 2.17 bits per heavy atom. The van der Waals surface area contributed by atoms with Gasteiger partial charge in [-0.3, -0.25) is 4.79 Å². The molecular formula is C21H21ClN6O2. The van der Waals surface area contributed by atoms with Crippen molar-refractivity contribution in [3.63, 3.8) is 0 Å². The number of hydrogen-bond donors (Lipinski definition) is 1. The topological polar surface area (TPSA) is 110 Å². The van der Waals surface area contributed by atoms with Crippen molar-refractivity contribution in [1.82, 2.24) is 14.6 Å². The van der Waals surface area contributed by atoms with Crippen LogP contribution in [0.25, 0.3) is 16.8 Å². The largest absolute Gasteiger partial charge is 0.382 e. The van der Waals surface area contributed by atoms with E-state index in [1.54, 1.807) is 41.5 Å². The first-order valence-corrected chi connectivity index (χ1v) is 9.96. The number of halogens is 1. The first-order valence-electron chi connectivity index (χ1n) is 9.58. The Morgan fingerprint density at radius 3 is 2.87 bits per heavy atom. The average Bonchev–Trinajstić information content (AvgIpc) is 3.07. The summed E-state index contributed by atoms with van der Waals surface area (Å²) >= 11 is 6.37. The molecule has 4 rings (SSSR count). The highest BCUT2D eigenvalue weighted by Gasteiger charge is 2.42. The summed E-state index contributed by atoms with van der Waals surface area (Å²) in [6, 6.07) is 9.10. The number of benzene rings is 1. The molecule has 0 radical (unpaired) electrons. The van der Waals surface area contributed by atoms with Crippen LogP contribution in [0.3, 0.4) is 0 Å². The Kier molecular flexibility index (Phi) is 4.88. The van der Waals surface area contributed by atoms with Gasteiger partial charge in [0.15, 0.2) is 5.82 Å². The van der Waals surface area contributed by atoms with Crippen molar-refractivity contribution in [2.75, 3.05) is 17.2 Å². The van der Waals surface area contributed by atoms with Crippen LogP contribution in [0.5, 0.6) is 0 Å². The van der Waals surface area contributed by atoms with E-state index >= 15 is 0 Å². The molecule has 154 valence electrons. The third-order valence-corrected chi connectivity index (χ3v) is 5.70. The lowest BCUT2D eigenvalue weighted by Crippen LogP contribution is -2.58.